The summed E-state index contributed by atoms with van der Waals surface area (Å²) in [6.45, 7) is 1.80. The van der Waals surface area contributed by atoms with Crippen LogP contribution in [0.25, 0.3) is 0 Å². The SMILES string of the molecule is COc1cc(/C=N/NC(=O)c2cc(C)[nH]n2)ccc1O. The standard InChI is InChI=1S/C13H14N4O3/c1-8-5-10(16-15-8)13(19)17-14-7-9-3-4-11(18)12(6-9)20-2/h3-7,18H,1-2H3,(H,15,16)(H,17,19)/b14-7+. The van der Waals surface area contributed by atoms with E-state index in [0.717, 1.165) is 5.69 Å². The number of hydrazone groups is 1. The first-order valence-corrected chi connectivity index (χ1v) is 5.82. The number of H-pyrrole nitrogens is 1. The van der Waals surface area contributed by atoms with Gasteiger partial charge in [0.15, 0.2) is 17.2 Å². The predicted octanol–water partition coefficient (Wildman–Crippen LogP) is 1.20. The fraction of sp³-hybridized carbons (Fsp3) is 0.154. The maximum Gasteiger partial charge on any atom is 0.291 e. The van der Waals surface area contributed by atoms with Crippen molar-refractivity contribution >= 4 is 12.1 Å². The number of phenols is 1. The topological polar surface area (TPSA) is 99.6 Å². The van der Waals surface area contributed by atoms with Gasteiger partial charge < -0.3 is 9.84 Å². The van der Waals surface area contributed by atoms with E-state index < -0.39 is 5.91 Å². The first-order chi connectivity index (χ1) is 9.60. The maximum absolute atomic E-state index is 11.7. The first kappa shape index (κ1) is 13.6. The number of hydrogen-bond donors (Lipinski definition) is 3. The summed E-state index contributed by atoms with van der Waals surface area (Å²) in [6.07, 6.45) is 1.44. The molecule has 1 heterocycles. The van der Waals surface area contributed by atoms with E-state index in [1.54, 1.807) is 25.1 Å². The van der Waals surface area contributed by atoms with Crippen LogP contribution in [0.1, 0.15) is 21.7 Å². The van der Waals surface area contributed by atoms with Gasteiger partial charge in [0.25, 0.3) is 5.91 Å². The number of carbonyl (C=O) groups is 1. The molecule has 2 rings (SSSR count). The molecule has 1 aromatic carbocycles. The van der Waals surface area contributed by atoms with Gasteiger partial charge in [-0.25, -0.2) is 5.43 Å². The van der Waals surface area contributed by atoms with Gasteiger partial charge in [-0.3, -0.25) is 9.89 Å². The van der Waals surface area contributed by atoms with Crippen molar-refractivity contribution in [2.75, 3.05) is 7.11 Å². The summed E-state index contributed by atoms with van der Waals surface area (Å²) in [4.78, 5) is 11.7. The fourth-order valence-corrected chi connectivity index (χ4v) is 1.53. The van der Waals surface area contributed by atoms with Crippen LogP contribution in [0.3, 0.4) is 0 Å². The van der Waals surface area contributed by atoms with Gasteiger partial charge >= 0.3 is 0 Å². The Labute approximate surface area is 115 Å². The summed E-state index contributed by atoms with van der Waals surface area (Å²) < 4.78 is 4.97. The zero-order chi connectivity index (χ0) is 14.5. The van der Waals surface area contributed by atoms with Crippen LogP contribution in [-0.2, 0) is 0 Å². The number of methoxy groups -OCH3 is 1. The Morgan fingerprint density at radius 3 is 2.95 bits per heavy atom. The molecule has 20 heavy (non-hydrogen) atoms. The molecule has 1 aromatic heterocycles. The molecule has 0 aliphatic carbocycles. The van der Waals surface area contributed by atoms with Crippen LogP contribution in [0.5, 0.6) is 11.5 Å². The number of aromatic hydroxyl groups is 1. The molecule has 7 heteroatoms. The molecule has 3 N–H and O–H groups in total. The average Bonchev–Trinajstić information content (AvgIpc) is 2.87. The van der Waals surface area contributed by atoms with Gasteiger partial charge in [0.2, 0.25) is 0 Å². The molecule has 0 aliphatic rings. The number of nitrogens with zero attached hydrogens (tertiary/aromatic N) is 2. The van der Waals surface area contributed by atoms with Crippen LogP contribution in [0.2, 0.25) is 0 Å². The van der Waals surface area contributed by atoms with E-state index in [-0.39, 0.29) is 11.4 Å². The van der Waals surface area contributed by atoms with Gasteiger partial charge in [-0.1, -0.05) is 0 Å². The second kappa shape index (κ2) is 5.87. The molecule has 0 saturated heterocycles. The van der Waals surface area contributed by atoms with Crippen molar-refractivity contribution in [1.29, 1.82) is 0 Å². The second-order valence-corrected chi connectivity index (χ2v) is 4.07. The number of aryl methyl sites for hydroxylation is 1. The molecule has 7 nitrogen and oxygen atoms in total. The van der Waals surface area contributed by atoms with Crippen molar-refractivity contribution in [1.82, 2.24) is 15.6 Å². The van der Waals surface area contributed by atoms with Gasteiger partial charge in [0.05, 0.1) is 13.3 Å². The number of aromatic nitrogens is 2. The monoisotopic (exact) mass is 274 g/mol. The average molecular weight is 274 g/mol. The number of nitrogens with one attached hydrogen (secondary N) is 2. The molecule has 2 aromatic rings. The van der Waals surface area contributed by atoms with Crippen LogP contribution in [0, 0.1) is 6.92 Å². The van der Waals surface area contributed by atoms with Crippen molar-refractivity contribution in [3.63, 3.8) is 0 Å². The minimum Gasteiger partial charge on any atom is -0.504 e. The number of phenolic OH excluding ortho intramolecular Hbond substituents is 1. The number of amides is 1. The highest BCUT2D eigenvalue weighted by Gasteiger charge is 2.07. The van der Waals surface area contributed by atoms with Gasteiger partial charge in [-0.05, 0) is 36.8 Å². The number of ether oxygens (including phenoxy) is 1. The highest BCUT2D eigenvalue weighted by atomic mass is 16.5. The lowest BCUT2D eigenvalue weighted by atomic mass is 10.2. The van der Waals surface area contributed by atoms with Gasteiger partial charge in [-0.2, -0.15) is 10.2 Å². The Bertz CT molecular complexity index is 649. The predicted molar refractivity (Wildman–Crippen MR) is 73.0 cm³/mol. The highest BCUT2D eigenvalue weighted by molar-refractivity contribution is 5.93. The fourth-order valence-electron chi connectivity index (χ4n) is 1.53. The molecule has 0 unspecified atom stereocenters. The Morgan fingerprint density at radius 2 is 2.30 bits per heavy atom. The largest absolute Gasteiger partial charge is 0.504 e. The number of benzene rings is 1. The number of hydrogen-bond acceptors (Lipinski definition) is 5. The van der Waals surface area contributed by atoms with Crippen LogP contribution >= 0.6 is 0 Å². The lowest BCUT2D eigenvalue weighted by Crippen LogP contribution is -2.18. The summed E-state index contributed by atoms with van der Waals surface area (Å²) in [5, 5.41) is 19.8. The Morgan fingerprint density at radius 1 is 1.50 bits per heavy atom. The highest BCUT2D eigenvalue weighted by Crippen LogP contribution is 2.25. The van der Waals surface area contributed by atoms with Crippen LogP contribution in [0.4, 0.5) is 0 Å². The van der Waals surface area contributed by atoms with Gasteiger partial charge in [0, 0.05) is 5.69 Å². The third-order valence-electron chi connectivity index (χ3n) is 2.52. The third kappa shape index (κ3) is 3.14. The maximum atomic E-state index is 11.7. The minimum absolute atomic E-state index is 0.0423. The summed E-state index contributed by atoms with van der Waals surface area (Å²) in [6, 6.07) is 6.35. The number of carbonyl (C=O) groups excluding carboxylic acids is 1. The molecule has 0 fully saturated rings. The quantitative estimate of drug-likeness (QED) is 0.576. The first-order valence-electron chi connectivity index (χ1n) is 5.82. The summed E-state index contributed by atoms with van der Waals surface area (Å²) in [5.74, 6) is -0.0276. The van der Waals surface area contributed by atoms with Crippen molar-refractivity contribution in [2.24, 2.45) is 5.10 Å². The molecule has 104 valence electrons. The summed E-state index contributed by atoms with van der Waals surface area (Å²) in [5.41, 5.74) is 4.10. The van der Waals surface area contributed by atoms with Crippen molar-refractivity contribution in [3.05, 3.63) is 41.2 Å². The molecule has 0 bridgehead atoms. The second-order valence-electron chi connectivity index (χ2n) is 4.07. The lowest BCUT2D eigenvalue weighted by molar-refractivity contribution is 0.0950. The van der Waals surface area contributed by atoms with E-state index in [1.807, 2.05) is 0 Å². The zero-order valence-electron chi connectivity index (χ0n) is 11.0. The van der Waals surface area contributed by atoms with E-state index in [2.05, 4.69) is 20.7 Å². The smallest absolute Gasteiger partial charge is 0.291 e. The molecule has 0 spiro atoms. The molecule has 0 radical (unpaired) electrons. The molecule has 0 atom stereocenters. The van der Waals surface area contributed by atoms with Crippen LogP contribution in [0.15, 0.2) is 29.4 Å². The summed E-state index contributed by atoms with van der Waals surface area (Å²) >= 11 is 0. The van der Waals surface area contributed by atoms with E-state index in [1.165, 1.54) is 19.4 Å². The Kier molecular flexibility index (Phi) is 3.99. The molecule has 0 aliphatic heterocycles. The number of rotatable bonds is 4. The zero-order valence-corrected chi connectivity index (χ0v) is 11.0. The lowest BCUT2D eigenvalue weighted by Gasteiger charge is -2.03. The van der Waals surface area contributed by atoms with E-state index in [0.29, 0.717) is 11.3 Å². The Hall–Kier alpha value is -2.83. The van der Waals surface area contributed by atoms with E-state index in [9.17, 15) is 9.90 Å². The molecular weight excluding hydrogens is 260 g/mol. The van der Waals surface area contributed by atoms with Crippen LogP contribution < -0.4 is 10.2 Å². The summed E-state index contributed by atoms with van der Waals surface area (Å²) in [7, 11) is 1.46. The van der Waals surface area contributed by atoms with Gasteiger partial charge in [0.1, 0.15) is 0 Å². The normalized spacial score (nSPS) is 10.7. The third-order valence-corrected chi connectivity index (χ3v) is 2.52. The minimum atomic E-state index is -0.406. The van der Waals surface area contributed by atoms with Crippen molar-refractivity contribution in [2.45, 2.75) is 6.92 Å². The van der Waals surface area contributed by atoms with Crippen molar-refractivity contribution in [3.8, 4) is 11.5 Å². The molecule has 1 amide bonds. The van der Waals surface area contributed by atoms with E-state index in [4.69, 9.17) is 4.74 Å². The number of aromatic amines is 1. The Balaban J connectivity index is 2.01. The van der Waals surface area contributed by atoms with Crippen LogP contribution in [-0.4, -0.2) is 34.5 Å². The van der Waals surface area contributed by atoms with Crippen molar-refractivity contribution < 1.29 is 14.6 Å². The van der Waals surface area contributed by atoms with Gasteiger partial charge in [-0.15, -0.1) is 0 Å². The van der Waals surface area contributed by atoms with E-state index >= 15 is 0 Å². The molecule has 0 saturated carbocycles. The molecular formula is C13H14N4O3.